The molecule has 9 heteroatoms. The van der Waals surface area contributed by atoms with Gasteiger partial charge in [0.15, 0.2) is 5.82 Å². The lowest BCUT2D eigenvalue weighted by atomic mass is 10.1. The van der Waals surface area contributed by atoms with Crippen LogP contribution in [0.25, 0.3) is 33.5 Å². The Morgan fingerprint density at radius 3 is 2.66 bits per heavy atom. The molecule has 1 amide bonds. The van der Waals surface area contributed by atoms with Crippen molar-refractivity contribution in [1.29, 1.82) is 0 Å². The highest BCUT2D eigenvalue weighted by atomic mass is 16.5. The molecule has 9 nitrogen and oxygen atoms in total. The van der Waals surface area contributed by atoms with Crippen molar-refractivity contribution < 1.29 is 19.1 Å². The summed E-state index contributed by atoms with van der Waals surface area (Å²) in [5.74, 6) is 0.607. The maximum Gasteiger partial charge on any atom is 0.338 e. The summed E-state index contributed by atoms with van der Waals surface area (Å²) in [7, 11) is 4.90. The Morgan fingerprint density at radius 2 is 1.97 bits per heavy atom. The van der Waals surface area contributed by atoms with Gasteiger partial charge in [-0.1, -0.05) is 19.1 Å². The number of nitrogens with zero attached hydrogens (tertiary/aromatic N) is 4. The molecule has 1 unspecified atom stereocenters. The molecule has 0 bridgehead atoms. The molecule has 0 spiro atoms. The minimum Gasteiger partial charge on any atom is -0.494 e. The van der Waals surface area contributed by atoms with Crippen molar-refractivity contribution in [3.63, 3.8) is 0 Å². The normalized spacial score (nSPS) is 15.1. The van der Waals surface area contributed by atoms with Crippen molar-refractivity contribution >= 4 is 39.5 Å². The maximum absolute atomic E-state index is 12.2. The van der Waals surface area contributed by atoms with Crippen LogP contribution in [0.1, 0.15) is 36.2 Å². The Hall–Kier alpha value is -4.01. The van der Waals surface area contributed by atoms with E-state index in [1.807, 2.05) is 17.7 Å². The number of carbonyl (C=O) groups excluding carboxylic acids is 2. The van der Waals surface area contributed by atoms with Gasteiger partial charge in [0.05, 0.1) is 48.2 Å². The highest BCUT2D eigenvalue weighted by Crippen LogP contribution is 2.42. The number of rotatable bonds is 7. The van der Waals surface area contributed by atoms with Crippen LogP contribution in [0.4, 0.5) is 5.69 Å². The number of amides is 1. The molecule has 0 aliphatic carbocycles. The van der Waals surface area contributed by atoms with Crippen molar-refractivity contribution in [1.82, 2.24) is 14.1 Å². The van der Waals surface area contributed by atoms with E-state index in [2.05, 4.69) is 34.6 Å². The molecular formula is C26H29N5O4. The number of ether oxygens (including phenoxy) is 2. The van der Waals surface area contributed by atoms with Gasteiger partial charge in [-0.2, -0.15) is 0 Å². The summed E-state index contributed by atoms with van der Waals surface area (Å²) >= 11 is 0. The molecule has 0 saturated carbocycles. The standard InChI is InChI=1S/C26H29N5O4/c1-5-17-14-30(10-9-22(27)32)19-8-6-7-15-12-20(31(17)23(15)19)25-28-18-11-16(26(33)35-4)13-21(34-3)24(18)29(25)2/h6-8,11-13,17H,5,9-10,14H2,1-4H3,(H2,27,32). The van der Waals surface area contributed by atoms with Crippen LogP contribution in [0, 0.1) is 0 Å². The first-order valence-electron chi connectivity index (χ1n) is 11.7. The van der Waals surface area contributed by atoms with E-state index in [1.54, 1.807) is 19.2 Å². The maximum atomic E-state index is 12.2. The Labute approximate surface area is 203 Å². The van der Waals surface area contributed by atoms with Crippen molar-refractivity contribution in [2.75, 3.05) is 32.2 Å². The Kier molecular flexibility index (Phi) is 5.62. The summed E-state index contributed by atoms with van der Waals surface area (Å²) in [6, 6.07) is 12.0. The zero-order chi connectivity index (χ0) is 24.9. The number of carbonyl (C=O) groups is 2. The third kappa shape index (κ3) is 3.58. The van der Waals surface area contributed by atoms with E-state index in [1.165, 1.54) is 7.11 Å². The second kappa shape index (κ2) is 8.65. The van der Waals surface area contributed by atoms with Crippen LogP contribution in [0.3, 0.4) is 0 Å². The zero-order valence-corrected chi connectivity index (χ0v) is 20.4. The number of primary amides is 1. The summed E-state index contributed by atoms with van der Waals surface area (Å²) < 4.78 is 14.9. The smallest absolute Gasteiger partial charge is 0.338 e. The van der Waals surface area contributed by atoms with Crippen molar-refractivity contribution in [2.45, 2.75) is 25.8 Å². The number of benzene rings is 2. The van der Waals surface area contributed by atoms with Gasteiger partial charge in [-0.25, -0.2) is 9.78 Å². The van der Waals surface area contributed by atoms with Gasteiger partial charge >= 0.3 is 5.97 Å². The lowest BCUT2D eigenvalue weighted by Gasteiger charge is -2.36. The third-order valence-electron chi connectivity index (χ3n) is 6.88. The fraction of sp³-hybridized carbons (Fsp3) is 0.346. The predicted octanol–water partition coefficient (Wildman–Crippen LogP) is 3.64. The van der Waals surface area contributed by atoms with Crippen molar-refractivity contribution in [3.8, 4) is 17.3 Å². The Morgan fingerprint density at radius 1 is 1.17 bits per heavy atom. The molecule has 2 aromatic carbocycles. The minimum atomic E-state index is -0.437. The highest BCUT2D eigenvalue weighted by molar-refractivity contribution is 5.99. The van der Waals surface area contributed by atoms with E-state index in [-0.39, 0.29) is 11.9 Å². The molecule has 182 valence electrons. The van der Waals surface area contributed by atoms with Gasteiger partial charge < -0.3 is 29.2 Å². The summed E-state index contributed by atoms with van der Waals surface area (Å²) in [5.41, 5.74) is 10.5. The number of para-hydroxylation sites is 1. The third-order valence-corrected chi connectivity index (χ3v) is 6.88. The number of aromatic nitrogens is 3. The number of esters is 1. The van der Waals surface area contributed by atoms with Crippen LogP contribution in [0.2, 0.25) is 0 Å². The molecule has 2 aromatic heterocycles. The van der Waals surface area contributed by atoms with Gasteiger partial charge in [0.25, 0.3) is 0 Å². The molecule has 2 N–H and O–H groups in total. The van der Waals surface area contributed by atoms with Gasteiger partial charge in [0.2, 0.25) is 5.91 Å². The van der Waals surface area contributed by atoms with E-state index in [0.717, 1.165) is 46.6 Å². The monoisotopic (exact) mass is 475 g/mol. The number of fused-ring (bicyclic) bond motifs is 1. The molecule has 0 saturated heterocycles. The number of imidazole rings is 1. The molecule has 0 fully saturated rings. The SMILES string of the molecule is CCC1CN(CCC(N)=O)c2cccc3cc(-c4nc5cc(C(=O)OC)cc(OC)c5n4C)n1c23. The molecule has 1 aliphatic rings. The van der Waals surface area contributed by atoms with E-state index in [0.29, 0.717) is 29.8 Å². The number of methoxy groups -OCH3 is 2. The fourth-order valence-corrected chi connectivity index (χ4v) is 5.21. The van der Waals surface area contributed by atoms with Crippen LogP contribution >= 0.6 is 0 Å². The van der Waals surface area contributed by atoms with Crippen LogP contribution < -0.4 is 15.4 Å². The number of nitrogens with two attached hydrogens (primary N) is 1. The molecule has 3 heterocycles. The molecule has 1 aliphatic heterocycles. The Bertz CT molecular complexity index is 1470. The number of hydrogen-bond acceptors (Lipinski definition) is 6. The van der Waals surface area contributed by atoms with Gasteiger partial charge in [0.1, 0.15) is 11.3 Å². The van der Waals surface area contributed by atoms with Crippen LogP contribution in [-0.4, -0.2) is 53.3 Å². The second-order valence-electron chi connectivity index (χ2n) is 8.87. The van der Waals surface area contributed by atoms with Crippen molar-refractivity contribution in [2.24, 2.45) is 12.8 Å². The number of hydrogen-bond donors (Lipinski definition) is 1. The zero-order valence-electron chi connectivity index (χ0n) is 20.4. The fourth-order valence-electron chi connectivity index (χ4n) is 5.21. The van der Waals surface area contributed by atoms with Crippen LogP contribution in [-0.2, 0) is 16.6 Å². The summed E-state index contributed by atoms with van der Waals surface area (Å²) in [5, 5.41) is 1.11. The molecule has 5 rings (SSSR count). The first-order chi connectivity index (χ1) is 16.9. The first kappa shape index (κ1) is 22.8. The van der Waals surface area contributed by atoms with E-state index in [4.69, 9.17) is 20.2 Å². The van der Waals surface area contributed by atoms with E-state index >= 15 is 0 Å². The summed E-state index contributed by atoms with van der Waals surface area (Å²) in [6.07, 6.45) is 1.23. The van der Waals surface area contributed by atoms with Gasteiger partial charge in [0, 0.05) is 31.9 Å². The molecule has 4 aromatic rings. The first-order valence-corrected chi connectivity index (χ1v) is 11.7. The summed E-state index contributed by atoms with van der Waals surface area (Å²) in [4.78, 5) is 30.9. The van der Waals surface area contributed by atoms with E-state index in [9.17, 15) is 9.59 Å². The van der Waals surface area contributed by atoms with Gasteiger partial charge in [-0.15, -0.1) is 0 Å². The number of aryl methyl sites for hydroxylation is 1. The van der Waals surface area contributed by atoms with Crippen molar-refractivity contribution in [3.05, 3.63) is 42.0 Å². The van der Waals surface area contributed by atoms with E-state index < -0.39 is 5.97 Å². The molecule has 35 heavy (non-hydrogen) atoms. The Balaban J connectivity index is 1.73. The largest absolute Gasteiger partial charge is 0.494 e. The van der Waals surface area contributed by atoms with Gasteiger partial charge in [-0.05, 0) is 30.7 Å². The van der Waals surface area contributed by atoms with Crippen LogP contribution in [0.15, 0.2) is 36.4 Å². The van der Waals surface area contributed by atoms with Crippen LogP contribution in [0.5, 0.6) is 5.75 Å². The lowest BCUT2D eigenvalue weighted by molar-refractivity contribution is -0.117. The molecule has 1 atom stereocenters. The molecule has 0 radical (unpaired) electrons. The quantitative estimate of drug-likeness (QED) is 0.409. The number of anilines is 1. The average Bonchev–Trinajstić information content (AvgIpc) is 3.41. The average molecular weight is 476 g/mol. The second-order valence-corrected chi connectivity index (χ2v) is 8.87. The van der Waals surface area contributed by atoms with Gasteiger partial charge in [-0.3, -0.25) is 4.79 Å². The highest BCUT2D eigenvalue weighted by Gasteiger charge is 2.30. The summed E-state index contributed by atoms with van der Waals surface area (Å²) in [6.45, 7) is 3.53. The molecular weight excluding hydrogens is 446 g/mol. The minimum absolute atomic E-state index is 0.192. The topological polar surface area (TPSA) is 105 Å². The predicted molar refractivity (Wildman–Crippen MR) is 135 cm³/mol. The lowest BCUT2D eigenvalue weighted by Crippen LogP contribution is -2.37.